The predicted molar refractivity (Wildman–Crippen MR) is 82.1 cm³/mol. The smallest absolute Gasteiger partial charge is 0.270 e. The number of nitrogens with one attached hydrogen (secondary N) is 2. The first-order valence-electron chi connectivity index (χ1n) is 6.10. The molecule has 0 saturated carbocycles. The molecule has 0 saturated heterocycles. The van der Waals surface area contributed by atoms with Crippen molar-refractivity contribution in [2.24, 2.45) is 5.84 Å². The second-order valence-corrected chi connectivity index (χ2v) is 5.22. The van der Waals surface area contributed by atoms with E-state index >= 15 is 0 Å². The van der Waals surface area contributed by atoms with Gasteiger partial charge >= 0.3 is 0 Å². The van der Waals surface area contributed by atoms with E-state index in [4.69, 9.17) is 5.84 Å². The van der Waals surface area contributed by atoms with Crippen molar-refractivity contribution in [3.8, 4) is 0 Å². The normalized spacial score (nSPS) is 11.8. The number of hydrogen-bond donors (Lipinski definition) is 3. The molecular formula is C14H15BrN4O. The van der Waals surface area contributed by atoms with E-state index in [1.165, 1.54) is 0 Å². The molecule has 1 aromatic carbocycles. The Balaban J connectivity index is 2.10. The van der Waals surface area contributed by atoms with Crippen LogP contribution in [0.1, 0.15) is 29.0 Å². The van der Waals surface area contributed by atoms with Gasteiger partial charge < -0.3 is 10.7 Å². The Bertz CT molecular complexity index is 618. The molecule has 5 nitrogen and oxygen atoms in total. The van der Waals surface area contributed by atoms with Crippen molar-refractivity contribution in [2.45, 2.75) is 13.0 Å². The molecule has 0 aliphatic rings. The molecule has 1 amide bonds. The van der Waals surface area contributed by atoms with Gasteiger partial charge in [0.05, 0.1) is 6.04 Å². The quantitative estimate of drug-likeness (QED) is 0.593. The van der Waals surface area contributed by atoms with Crippen LogP contribution in [0.3, 0.4) is 0 Å². The van der Waals surface area contributed by atoms with Crippen molar-refractivity contribution in [3.05, 3.63) is 58.2 Å². The van der Waals surface area contributed by atoms with Crippen molar-refractivity contribution in [1.29, 1.82) is 0 Å². The predicted octanol–water partition coefficient (Wildman–Crippen LogP) is 2.62. The van der Waals surface area contributed by atoms with E-state index in [9.17, 15) is 4.79 Å². The third-order valence-corrected chi connectivity index (χ3v) is 3.32. The maximum absolute atomic E-state index is 12.1. The highest BCUT2D eigenvalue weighted by atomic mass is 79.9. The summed E-state index contributed by atoms with van der Waals surface area (Å²) in [6, 6.07) is 12.7. The molecule has 1 unspecified atom stereocenters. The molecule has 0 aliphatic carbocycles. The Morgan fingerprint density at radius 2 is 2.05 bits per heavy atom. The summed E-state index contributed by atoms with van der Waals surface area (Å²) in [7, 11) is 0. The number of hydrazine groups is 1. The van der Waals surface area contributed by atoms with E-state index in [0.717, 1.165) is 10.0 Å². The Hall–Kier alpha value is -1.92. The van der Waals surface area contributed by atoms with E-state index in [-0.39, 0.29) is 11.9 Å². The molecule has 6 heteroatoms. The molecule has 20 heavy (non-hydrogen) atoms. The number of aromatic nitrogens is 1. The second-order valence-electron chi connectivity index (χ2n) is 4.30. The van der Waals surface area contributed by atoms with E-state index in [0.29, 0.717) is 11.5 Å². The summed E-state index contributed by atoms with van der Waals surface area (Å²) in [5.41, 5.74) is 3.75. The minimum Gasteiger partial charge on any atom is -0.344 e. The fourth-order valence-electron chi connectivity index (χ4n) is 1.77. The van der Waals surface area contributed by atoms with Gasteiger partial charge in [-0.3, -0.25) is 4.79 Å². The number of anilines is 1. The lowest BCUT2D eigenvalue weighted by molar-refractivity contribution is 0.0935. The van der Waals surface area contributed by atoms with Crippen molar-refractivity contribution in [3.63, 3.8) is 0 Å². The molecule has 2 rings (SSSR count). The number of carbonyl (C=O) groups excluding carboxylic acids is 1. The number of halogens is 1. The third kappa shape index (κ3) is 3.55. The molecule has 0 aliphatic heterocycles. The number of nitrogen functional groups attached to an aromatic ring is 1. The topological polar surface area (TPSA) is 80.0 Å². The first kappa shape index (κ1) is 14.5. The molecule has 1 heterocycles. The minimum absolute atomic E-state index is 0.115. The number of rotatable bonds is 4. The SMILES string of the molecule is CC(NC(=O)c1cccc(NN)n1)c1cccc(Br)c1. The molecule has 1 atom stereocenters. The van der Waals surface area contributed by atoms with Crippen LogP contribution in [0.2, 0.25) is 0 Å². The fourth-order valence-corrected chi connectivity index (χ4v) is 2.19. The van der Waals surface area contributed by atoms with Gasteiger partial charge in [-0.25, -0.2) is 10.8 Å². The molecule has 104 valence electrons. The van der Waals surface area contributed by atoms with Gasteiger partial charge in [-0.2, -0.15) is 0 Å². The van der Waals surface area contributed by atoms with Crippen LogP contribution in [-0.4, -0.2) is 10.9 Å². The van der Waals surface area contributed by atoms with Gasteiger partial charge in [0, 0.05) is 4.47 Å². The Morgan fingerprint density at radius 3 is 2.75 bits per heavy atom. The zero-order chi connectivity index (χ0) is 14.5. The number of nitrogens with zero attached hydrogens (tertiary/aromatic N) is 1. The maximum Gasteiger partial charge on any atom is 0.270 e. The molecule has 2 aromatic rings. The molecule has 0 bridgehead atoms. The van der Waals surface area contributed by atoms with Crippen LogP contribution < -0.4 is 16.6 Å². The van der Waals surface area contributed by atoms with E-state index < -0.39 is 0 Å². The molecule has 0 spiro atoms. The summed E-state index contributed by atoms with van der Waals surface area (Å²) in [5, 5.41) is 2.90. The van der Waals surface area contributed by atoms with Crippen molar-refractivity contribution in [2.75, 3.05) is 5.43 Å². The fraction of sp³-hybridized carbons (Fsp3) is 0.143. The number of carbonyl (C=O) groups is 1. The summed E-state index contributed by atoms with van der Waals surface area (Å²) in [4.78, 5) is 16.2. The lowest BCUT2D eigenvalue weighted by atomic mass is 10.1. The Kier molecular flexibility index (Phi) is 4.70. The van der Waals surface area contributed by atoms with Gasteiger partial charge in [0.15, 0.2) is 0 Å². The third-order valence-electron chi connectivity index (χ3n) is 2.83. The Labute approximate surface area is 125 Å². The molecule has 0 radical (unpaired) electrons. The van der Waals surface area contributed by atoms with E-state index in [2.05, 4.69) is 31.7 Å². The highest BCUT2D eigenvalue weighted by molar-refractivity contribution is 9.10. The summed E-state index contributed by atoms with van der Waals surface area (Å²) in [6.07, 6.45) is 0. The average molecular weight is 335 g/mol. The van der Waals surface area contributed by atoms with Crippen LogP contribution in [0.25, 0.3) is 0 Å². The van der Waals surface area contributed by atoms with Gasteiger partial charge in [0.25, 0.3) is 5.91 Å². The van der Waals surface area contributed by atoms with Gasteiger partial charge in [-0.1, -0.05) is 34.1 Å². The number of benzene rings is 1. The van der Waals surface area contributed by atoms with Crippen LogP contribution in [0, 0.1) is 0 Å². The highest BCUT2D eigenvalue weighted by Gasteiger charge is 2.13. The van der Waals surface area contributed by atoms with Gasteiger partial charge in [-0.15, -0.1) is 0 Å². The summed E-state index contributed by atoms with van der Waals surface area (Å²) >= 11 is 3.41. The summed E-state index contributed by atoms with van der Waals surface area (Å²) in [5.74, 6) is 5.49. The zero-order valence-corrected chi connectivity index (χ0v) is 12.5. The van der Waals surface area contributed by atoms with Crippen LogP contribution in [0.4, 0.5) is 5.82 Å². The molecular weight excluding hydrogens is 320 g/mol. The van der Waals surface area contributed by atoms with Gasteiger partial charge in [0.2, 0.25) is 0 Å². The molecule has 4 N–H and O–H groups in total. The lowest BCUT2D eigenvalue weighted by Crippen LogP contribution is -2.27. The first-order valence-corrected chi connectivity index (χ1v) is 6.89. The van der Waals surface area contributed by atoms with Gasteiger partial charge in [-0.05, 0) is 36.8 Å². The van der Waals surface area contributed by atoms with Crippen LogP contribution >= 0.6 is 15.9 Å². The number of amides is 1. The van der Waals surface area contributed by atoms with E-state index in [1.807, 2.05) is 31.2 Å². The van der Waals surface area contributed by atoms with Crippen molar-refractivity contribution in [1.82, 2.24) is 10.3 Å². The van der Waals surface area contributed by atoms with Crippen molar-refractivity contribution < 1.29 is 4.79 Å². The van der Waals surface area contributed by atoms with Crippen molar-refractivity contribution >= 4 is 27.7 Å². The minimum atomic E-state index is -0.241. The molecule has 0 fully saturated rings. The monoisotopic (exact) mass is 334 g/mol. The first-order chi connectivity index (χ1) is 9.60. The zero-order valence-electron chi connectivity index (χ0n) is 10.9. The van der Waals surface area contributed by atoms with Crippen LogP contribution in [-0.2, 0) is 0 Å². The van der Waals surface area contributed by atoms with Crippen LogP contribution in [0.5, 0.6) is 0 Å². The number of nitrogens with two attached hydrogens (primary N) is 1. The summed E-state index contributed by atoms with van der Waals surface area (Å²) < 4.78 is 0.976. The van der Waals surface area contributed by atoms with Gasteiger partial charge in [0.1, 0.15) is 11.5 Å². The largest absolute Gasteiger partial charge is 0.344 e. The highest BCUT2D eigenvalue weighted by Crippen LogP contribution is 2.18. The second kappa shape index (κ2) is 6.49. The standard InChI is InChI=1S/C14H15BrN4O/c1-9(10-4-2-5-11(15)8-10)17-14(20)12-6-3-7-13(18-12)19-16/h2-9H,16H2,1H3,(H,17,20)(H,18,19). The molecule has 1 aromatic heterocycles. The lowest BCUT2D eigenvalue weighted by Gasteiger charge is -2.14. The maximum atomic E-state index is 12.1. The summed E-state index contributed by atoms with van der Waals surface area (Å²) in [6.45, 7) is 1.92. The van der Waals surface area contributed by atoms with E-state index in [1.54, 1.807) is 18.2 Å². The number of pyridine rings is 1. The number of hydrogen-bond acceptors (Lipinski definition) is 4. The van der Waals surface area contributed by atoms with Crippen LogP contribution in [0.15, 0.2) is 46.9 Å². The Morgan fingerprint density at radius 1 is 1.30 bits per heavy atom. The average Bonchev–Trinajstić information content (AvgIpc) is 2.47.